The number of hydrogen-bond donors (Lipinski definition) is 1. The number of esters is 1. The smallest absolute Gasteiger partial charge is 0.341 e. The van der Waals surface area contributed by atoms with Crippen LogP contribution in [-0.4, -0.2) is 18.2 Å². The molecule has 5 heteroatoms. The van der Waals surface area contributed by atoms with Gasteiger partial charge in [0.1, 0.15) is 5.00 Å². The Morgan fingerprint density at radius 1 is 1.53 bits per heavy atom. The third-order valence-electron chi connectivity index (χ3n) is 3.07. The molecule has 0 aromatic carbocycles. The molecule has 0 saturated carbocycles. The first-order chi connectivity index (χ1) is 8.80. The monoisotopic (exact) mass is 283 g/mol. The second-order valence-electron chi connectivity index (χ2n) is 5.96. The van der Waals surface area contributed by atoms with Gasteiger partial charge in [-0.1, -0.05) is 13.8 Å². The van der Waals surface area contributed by atoms with E-state index >= 15 is 0 Å². The molecule has 0 fully saturated rings. The van der Waals surface area contributed by atoms with Gasteiger partial charge in [0, 0.05) is 11.3 Å². The number of thiophene rings is 1. The second kappa shape index (κ2) is 5.13. The lowest BCUT2D eigenvalue weighted by molar-refractivity contribution is -0.0385. The Morgan fingerprint density at radius 3 is 2.84 bits per heavy atom. The molecular weight excluding hydrogens is 262 g/mol. The lowest BCUT2D eigenvalue weighted by Gasteiger charge is -2.30. The summed E-state index contributed by atoms with van der Waals surface area (Å²) in [6, 6.07) is 0. The Hall–Kier alpha value is -1.07. The molecule has 0 bridgehead atoms. The summed E-state index contributed by atoms with van der Waals surface area (Å²) >= 11 is 1.43. The molecule has 19 heavy (non-hydrogen) atoms. The van der Waals surface area contributed by atoms with Gasteiger partial charge in [-0.25, -0.2) is 4.79 Å². The number of anilines is 1. The highest BCUT2D eigenvalue weighted by molar-refractivity contribution is 7.16. The normalized spacial score (nSPS) is 17.3. The molecule has 106 valence electrons. The van der Waals surface area contributed by atoms with Crippen LogP contribution in [0.2, 0.25) is 0 Å². The van der Waals surface area contributed by atoms with Crippen molar-refractivity contribution in [3.63, 3.8) is 0 Å². The molecule has 1 aliphatic rings. The summed E-state index contributed by atoms with van der Waals surface area (Å²) in [6.07, 6.45) is 0.697. The summed E-state index contributed by atoms with van der Waals surface area (Å²) in [5.41, 5.74) is 7.28. The van der Waals surface area contributed by atoms with Gasteiger partial charge >= 0.3 is 5.97 Å². The van der Waals surface area contributed by atoms with Crippen LogP contribution in [0.4, 0.5) is 5.00 Å². The lowest BCUT2D eigenvalue weighted by Crippen LogP contribution is -2.32. The Labute approximate surface area is 117 Å². The van der Waals surface area contributed by atoms with E-state index in [2.05, 4.69) is 0 Å². The Bertz CT molecular complexity index is 491. The van der Waals surface area contributed by atoms with Gasteiger partial charge < -0.3 is 15.2 Å². The van der Waals surface area contributed by atoms with E-state index in [0.29, 0.717) is 36.1 Å². The zero-order valence-electron chi connectivity index (χ0n) is 11.9. The Morgan fingerprint density at radius 2 is 2.21 bits per heavy atom. The predicted octanol–water partition coefficient (Wildman–Crippen LogP) is 2.99. The molecule has 1 aromatic heterocycles. The summed E-state index contributed by atoms with van der Waals surface area (Å²) in [4.78, 5) is 13.2. The first kappa shape index (κ1) is 14.3. The highest BCUT2D eigenvalue weighted by Gasteiger charge is 2.33. The number of carbonyl (C=O) groups is 1. The van der Waals surface area contributed by atoms with Gasteiger partial charge in [0.25, 0.3) is 0 Å². The zero-order chi connectivity index (χ0) is 14.2. The number of fused-ring (bicyclic) bond motifs is 1. The fourth-order valence-electron chi connectivity index (χ4n) is 2.11. The molecule has 0 atom stereocenters. The molecule has 0 unspecified atom stereocenters. The van der Waals surface area contributed by atoms with Crippen LogP contribution in [0, 0.1) is 5.92 Å². The molecule has 0 amide bonds. The maximum atomic E-state index is 12.2. The fourth-order valence-corrected chi connectivity index (χ4v) is 3.10. The van der Waals surface area contributed by atoms with Crippen molar-refractivity contribution in [2.45, 2.75) is 46.3 Å². The summed E-state index contributed by atoms with van der Waals surface area (Å²) in [5.74, 6) is 0.0146. The molecule has 0 spiro atoms. The van der Waals surface area contributed by atoms with Crippen molar-refractivity contribution < 1.29 is 14.3 Å². The highest BCUT2D eigenvalue weighted by Crippen LogP contribution is 2.39. The van der Waals surface area contributed by atoms with Crippen LogP contribution in [0.3, 0.4) is 0 Å². The van der Waals surface area contributed by atoms with Gasteiger partial charge in [-0.2, -0.15) is 0 Å². The van der Waals surface area contributed by atoms with E-state index < -0.39 is 0 Å². The first-order valence-corrected chi connectivity index (χ1v) is 7.33. The maximum Gasteiger partial charge on any atom is 0.341 e. The van der Waals surface area contributed by atoms with Crippen LogP contribution in [0.5, 0.6) is 0 Å². The van der Waals surface area contributed by atoms with Crippen molar-refractivity contribution >= 4 is 22.3 Å². The number of rotatable bonds is 3. The van der Waals surface area contributed by atoms with Crippen LogP contribution in [0.25, 0.3) is 0 Å². The van der Waals surface area contributed by atoms with Gasteiger partial charge in [-0.05, 0) is 25.3 Å². The minimum absolute atomic E-state index is 0.256. The van der Waals surface area contributed by atoms with Gasteiger partial charge in [-0.3, -0.25) is 0 Å². The van der Waals surface area contributed by atoms with Crippen LogP contribution >= 0.6 is 11.3 Å². The van der Waals surface area contributed by atoms with E-state index in [0.717, 1.165) is 10.4 Å². The van der Waals surface area contributed by atoms with E-state index in [1.165, 1.54) is 11.3 Å². The molecule has 1 aromatic rings. The fraction of sp³-hybridized carbons (Fsp3) is 0.643. The number of nitrogens with two attached hydrogens (primary N) is 1. The van der Waals surface area contributed by atoms with Gasteiger partial charge in [0.05, 0.1) is 24.4 Å². The molecule has 4 nitrogen and oxygen atoms in total. The molecule has 0 radical (unpaired) electrons. The zero-order valence-corrected chi connectivity index (χ0v) is 12.7. The van der Waals surface area contributed by atoms with Crippen molar-refractivity contribution in [2.24, 2.45) is 5.92 Å². The molecule has 0 saturated heterocycles. The molecule has 2 rings (SSSR count). The van der Waals surface area contributed by atoms with E-state index in [1.54, 1.807) is 0 Å². The molecule has 1 aliphatic heterocycles. The van der Waals surface area contributed by atoms with Gasteiger partial charge in [0.15, 0.2) is 0 Å². The largest absolute Gasteiger partial charge is 0.462 e. The molecular formula is C14H21NO3S. The third kappa shape index (κ3) is 3.09. The average molecular weight is 283 g/mol. The minimum Gasteiger partial charge on any atom is -0.462 e. The van der Waals surface area contributed by atoms with Crippen LogP contribution in [0.15, 0.2) is 0 Å². The predicted molar refractivity (Wildman–Crippen MR) is 76.4 cm³/mol. The molecule has 2 N–H and O–H groups in total. The maximum absolute atomic E-state index is 12.2. The van der Waals surface area contributed by atoms with Crippen LogP contribution < -0.4 is 5.73 Å². The number of nitrogen functional groups attached to an aromatic ring is 1. The first-order valence-electron chi connectivity index (χ1n) is 6.51. The number of hydrogen-bond acceptors (Lipinski definition) is 5. The van der Waals surface area contributed by atoms with Crippen molar-refractivity contribution in [1.82, 2.24) is 0 Å². The topological polar surface area (TPSA) is 61.5 Å². The van der Waals surface area contributed by atoms with E-state index in [4.69, 9.17) is 15.2 Å². The summed E-state index contributed by atoms with van der Waals surface area (Å²) < 4.78 is 11.1. The number of ether oxygens (including phenoxy) is 2. The van der Waals surface area contributed by atoms with Crippen LogP contribution in [-0.2, 0) is 22.5 Å². The summed E-state index contributed by atoms with van der Waals surface area (Å²) in [5, 5.41) is 0.542. The number of carbonyl (C=O) groups excluding carboxylic acids is 1. The lowest BCUT2D eigenvalue weighted by atomic mass is 9.93. The summed E-state index contributed by atoms with van der Waals surface area (Å²) in [7, 11) is 0. The minimum atomic E-state index is -0.304. The van der Waals surface area contributed by atoms with Crippen molar-refractivity contribution in [1.29, 1.82) is 0 Å². The third-order valence-corrected chi connectivity index (χ3v) is 4.10. The van der Waals surface area contributed by atoms with Gasteiger partial charge in [-0.15, -0.1) is 11.3 Å². The Balaban J connectivity index is 2.26. The summed E-state index contributed by atoms with van der Waals surface area (Å²) in [6.45, 7) is 9.00. The quantitative estimate of drug-likeness (QED) is 0.866. The van der Waals surface area contributed by atoms with Crippen molar-refractivity contribution in [3.8, 4) is 0 Å². The molecule has 0 aliphatic carbocycles. The standard InChI is InChI=1S/C14H21NO3S/c1-8(2)6-17-13(16)11-9-5-14(3,4)18-7-10(9)19-12(11)15/h8H,5-7,15H2,1-4H3. The van der Waals surface area contributed by atoms with Crippen molar-refractivity contribution in [3.05, 3.63) is 16.0 Å². The molecule has 2 heterocycles. The second-order valence-corrected chi connectivity index (χ2v) is 7.10. The average Bonchev–Trinajstić information content (AvgIpc) is 2.60. The van der Waals surface area contributed by atoms with E-state index in [9.17, 15) is 4.79 Å². The Kier molecular flexibility index (Phi) is 3.87. The van der Waals surface area contributed by atoms with Crippen molar-refractivity contribution in [2.75, 3.05) is 12.3 Å². The van der Waals surface area contributed by atoms with Crippen LogP contribution in [0.1, 0.15) is 48.5 Å². The van der Waals surface area contributed by atoms with E-state index in [1.807, 2.05) is 27.7 Å². The highest BCUT2D eigenvalue weighted by atomic mass is 32.1. The van der Waals surface area contributed by atoms with E-state index in [-0.39, 0.29) is 11.6 Å². The SMILES string of the molecule is CC(C)COC(=O)c1c(N)sc2c1CC(C)(C)OC2. The van der Waals surface area contributed by atoms with Gasteiger partial charge in [0.2, 0.25) is 0 Å².